The van der Waals surface area contributed by atoms with Crippen LogP contribution in [0.1, 0.15) is 16.1 Å². The molecule has 30 heavy (non-hydrogen) atoms. The molecule has 0 bridgehead atoms. The van der Waals surface area contributed by atoms with E-state index in [1.54, 1.807) is 0 Å². The summed E-state index contributed by atoms with van der Waals surface area (Å²) >= 11 is 0. The van der Waals surface area contributed by atoms with Gasteiger partial charge in [0, 0.05) is 11.6 Å². The summed E-state index contributed by atoms with van der Waals surface area (Å²) in [6, 6.07) is 8.18. The quantitative estimate of drug-likeness (QED) is 0.502. The van der Waals surface area contributed by atoms with Gasteiger partial charge in [0.05, 0.1) is 23.7 Å². The van der Waals surface area contributed by atoms with Crippen molar-refractivity contribution in [2.24, 2.45) is 0 Å². The molecule has 4 aromatic rings. The summed E-state index contributed by atoms with van der Waals surface area (Å²) in [5, 5.41) is 6.45. The molecular formula is C19H10F5N5O. The summed E-state index contributed by atoms with van der Waals surface area (Å²) in [4.78, 5) is 19.7. The summed E-state index contributed by atoms with van der Waals surface area (Å²) in [5.41, 5.74) is -1.49. The molecule has 0 radical (unpaired) electrons. The molecule has 0 saturated heterocycles. The molecule has 0 fully saturated rings. The number of carbonyl (C=O) groups excluding carboxylic acids is 1. The van der Waals surface area contributed by atoms with Gasteiger partial charge in [-0.2, -0.15) is 22.8 Å². The van der Waals surface area contributed by atoms with Crippen molar-refractivity contribution in [2.75, 3.05) is 5.32 Å². The zero-order valence-corrected chi connectivity index (χ0v) is 14.8. The Labute approximate surface area is 165 Å². The van der Waals surface area contributed by atoms with Crippen LogP contribution in [0, 0.1) is 11.6 Å². The second kappa shape index (κ2) is 7.17. The average Bonchev–Trinajstić information content (AvgIpc) is 3.09. The molecule has 152 valence electrons. The van der Waals surface area contributed by atoms with Gasteiger partial charge in [-0.25, -0.2) is 18.7 Å². The van der Waals surface area contributed by atoms with Crippen molar-refractivity contribution in [3.05, 3.63) is 77.8 Å². The summed E-state index contributed by atoms with van der Waals surface area (Å²) < 4.78 is 67.8. The molecule has 0 saturated carbocycles. The number of hydrogen-bond donors (Lipinski definition) is 1. The number of benzene rings is 1. The SMILES string of the molecule is O=C(Nc1cnc2ccc(-c3ccccc3C(F)(F)F)nn12)c1ncc(F)cc1F. The first-order valence-corrected chi connectivity index (χ1v) is 8.38. The average molecular weight is 419 g/mol. The maximum Gasteiger partial charge on any atom is 0.417 e. The monoisotopic (exact) mass is 419 g/mol. The zero-order chi connectivity index (χ0) is 21.5. The molecule has 3 aromatic heterocycles. The van der Waals surface area contributed by atoms with Crippen molar-refractivity contribution in [1.82, 2.24) is 19.6 Å². The third kappa shape index (κ3) is 3.56. The number of hydrogen-bond acceptors (Lipinski definition) is 4. The normalized spacial score (nSPS) is 11.6. The third-order valence-electron chi connectivity index (χ3n) is 4.14. The lowest BCUT2D eigenvalue weighted by Gasteiger charge is -2.12. The van der Waals surface area contributed by atoms with Crippen LogP contribution >= 0.6 is 0 Å². The van der Waals surface area contributed by atoms with Crippen LogP contribution in [0.3, 0.4) is 0 Å². The van der Waals surface area contributed by atoms with Gasteiger partial charge in [-0.05, 0) is 18.2 Å². The van der Waals surface area contributed by atoms with Crippen molar-refractivity contribution in [3.8, 4) is 11.3 Å². The number of anilines is 1. The Bertz CT molecular complexity index is 1270. The van der Waals surface area contributed by atoms with Crippen LogP contribution in [0.4, 0.5) is 27.8 Å². The molecule has 1 N–H and O–H groups in total. The topological polar surface area (TPSA) is 72.2 Å². The van der Waals surface area contributed by atoms with E-state index in [1.807, 2.05) is 0 Å². The van der Waals surface area contributed by atoms with E-state index in [4.69, 9.17) is 0 Å². The van der Waals surface area contributed by atoms with E-state index >= 15 is 0 Å². The Morgan fingerprint density at radius 2 is 1.77 bits per heavy atom. The number of fused-ring (bicyclic) bond motifs is 1. The molecule has 0 spiro atoms. The Kier molecular flexibility index (Phi) is 4.65. The van der Waals surface area contributed by atoms with E-state index in [0.717, 1.165) is 10.6 Å². The Morgan fingerprint density at radius 1 is 1.00 bits per heavy atom. The fourth-order valence-electron chi connectivity index (χ4n) is 2.81. The van der Waals surface area contributed by atoms with Gasteiger partial charge in [-0.3, -0.25) is 4.79 Å². The predicted molar refractivity (Wildman–Crippen MR) is 95.5 cm³/mol. The molecule has 3 heterocycles. The van der Waals surface area contributed by atoms with Crippen LogP contribution in [0.25, 0.3) is 16.9 Å². The number of pyridine rings is 1. The third-order valence-corrected chi connectivity index (χ3v) is 4.14. The molecular weight excluding hydrogens is 409 g/mol. The largest absolute Gasteiger partial charge is 0.417 e. The highest BCUT2D eigenvalue weighted by Gasteiger charge is 2.33. The van der Waals surface area contributed by atoms with Crippen LogP contribution in [0.15, 0.2) is 54.9 Å². The number of rotatable bonds is 3. The lowest BCUT2D eigenvalue weighted by molar-refractivity contribution is -0.137. The van der Waals surface area contributed by atoms with Gasteiger partial charge in [0.1, 0.15) is 5.82 Å². The van der Waals surface area contributed by atoms with Gasteiger partial charge in [-0.1, -0.05) is 18.2 Å². The minimum absolute atomic E-state index is 0.0185. The van der Waals surface area contributed by atoms with Gasteiger partial charge < -0.3 is 5.32 Å². The number of carbonyl (C=O) groups is 1. The number of nitrogens with zero attached hydrogens (tertiary/aromatic N) is 4. The van der Waals surface area contributed by atoms with Crippen LogP contribution < -0.4 is 5.32 Å². The number of imidazole rings is 1. The first-order valence-electron chi connectivity index (χ1n) is 8.38. The summed E-state index contributed by atoms with van der Waals surface area (Å²) in [6.45, 7) is 0. The number of halogens is 5. The Balaban J connectivity index is 1.74. The minimum atomic E-state index is -4.59. The van der Waals surface area contributed by atoms with Gasteiger partial charge in [0.2, 0.25) is 0 Å². The maximum absolute atomic E-state index is 13.8. The lowest BCUT2D eigenvalue weighted by Crippen LogP contribution is -2.17. The van der Waals surface area contributed by atoms with Crippen molar-refractivity contribution in [2.45, 2.75) is 6.18 Å². The number of alkyl halides is 3. The van der Waals surface area contributed by atoms with Crippen molar-refractivity contribution in [3.63, 3.8) is 0 Å². The van der Waals surface area contributed by atoms with E-state index in [-0.39, 0.29) is 22.7 Å². The second-order valence-corrected chi connectivity index (χ2v) is 6.11. The summed E-state index contributed by atoms with van der Waals surface area (Å²) in [6.07, 6.45) is -2.72. The molecule has 0 aliphatic carbocycles. The van der Waals surface area contributed by atoms with Crippen LogP contribution in [-0.4, -0.2) is 25.5 Å². The van der Waals surface area contributed by atoms with Gasteiger partial charge in [-0.15, -0.1) is 0 Å². The maximum atomic E-state index is 13.8. The molecule has 11 heteroatoms. The minimum Gasteiger partial charge on any atom is -0.304 e. The first kappa shape index (κ1) is 19.4. The predicted octanol–water partition coefficient (Wildman–Crippen LogP) is 4.34. The van der Waals surface area contributed by atoms with E-state index in [1.165, 1.54) is 36.5 Å². The van der Waals surface area contributed by atoms with E-state index in [0.29, 0.717) is 12.3 Å². The highest BCUT2D eigenvalue weighted by molar-refractivity contribution is 6.02. The van der Waals surface area contributed by atoms with Crippen LogP contribution in [0.2, 0.25) is 0 Å². The molecule has 1 amide bonds. The van der Waals surface area contributed by atoms with Crippen molar-refractivity contribution < 1.29 is 26.7 Å². The second-order valence-electron chi connectivity index (χ2n) is 6.11. The zero-order valence-electron chi connectivity index (χ0n) is 14.8. The number of aromatic nitrogens is 4. The van der Waals surface area contributed by atoms with Crippen molar-refractivity contribution in [1.29, 1.82) is 0 Å². The smallest absolute Gasteiger partial charge is 0.304 e. The highest BCUT2D eigenvalue weighted by Crippen LogP contribution is 2.36. The first-order chi connectivity index (χ1) is 14.2. The summed E-state index contributed by atoms with van der Waals surface area (Å²) in [5.74, 6) is -3.16. The fourth-order valence-corrected chi connectivity index (χ4v) is 2.81. The molecule has 0 atom stereocenters. The molecule has 1 aromatic carbocycles. The molecule has 0 aliphatic rings. The fraction of sp³-hybridized carbons (Fsp3) is 0.0526. The summed E-state index contributed by atoms with van der Waals surface area (Å²) in [7, 11) is 0. The van der Waals surface area contributed by atoms with Gasteiger partial charge in [0.25, 0.3) is 5.91 Å². The Hall–Kier alpha value is -3.89. The molecule has 4 rings (SSSR count). The van der Waals surface area contributed by atoms with E-state index in [2.05, 4.69) is 20.4 Å². The van der Waals surface area contributed by atoms with E-state index < -0.39 is 35.0 Å². The van der Waals surface area contributed by atoms with Crippen LogP contribution in [-0.2, 0) is 6.18 Å². The Morgan fingerprint density at radius 3 is 2.50 bits per heavy atom. The molecule has 0 aliphatic heterocycles. The lowest BCUT2D eigenvalue weighted by atomic mass is 10.0. The highest BCUT2D eigenvalue weighted by atomic mass is 19.4. The standard InChI is InChI=1S/C19H10F5N5O/c20-10-7-13(21)17(26-8-10)18(30)27-16-9-25-15-6-5-14(28-29(15)16)11-3-1-2-4-12(11)19(22,23)24/h1-9H,(H,27,30). The van der Waals surface area contributed by atoms with E-state index in [9.17, 15) is 26.7 Å². The molecule has 0 unspecified atom stereocenters. The van der Waals surface area contributed by atoms with Crippen molar-refractivity contribution >= 4 is 17.4 Å². The molecule has 6 nitrogen and oxygen atoms in total. The van der Waals surface area contributed by atoms with Gasteiger partial charge >= 0.3 is 6.18 Å². The number of nitrogens with one attached hydrogen (secondary N) is 1. The number of amides is 1. The van der Waals surface area contributed by atoms with Gasteiger partial charge in [0.15, 0.2) is 23.0 Å². The van der Waals surface area contributed by atoms with Crippen LogP contribution in [0.5, 0.6) is 0 Å².